The van der Waals surface area contributed by atoms with E-state index in [0.717, 1.165) is 25.2 Å². The van der Waals surface area contributed by atoms with Crippen LogP contribution in [0.25, 0.3) is 0 Å². The van der Waals surface area contributed by atoms with Gasteiger partial charge in [0, 0.05) is 22.0 Å². The van der Waals surface area contributed by atoms with Crippen molar-refractivity contribution in [3.8, 4) is 0 Å². The molecule has 17 heavy (non-hydrogen) atoms. The number of halogens is 1. The second-order valence-corrected chi connectivity index (χ2v) is 5.16. The van der Waals surface area contributed by atoms with Gasteiger partial charge in [0.15, 0.2) is 0 Å². The van der Waals surface area contributed by atoms with Gasteiger partial charge in [-0.05, 0) is 53.3 Å². The van der Waals surface area contributed by atoms with Crippen molar-refractivity contribution in [2.45, 2.75) is 26.4 Å². The van der Waals surface area contributed by atoms with E-state index in [0.29, 0.717) is 0 Å². The third kappa shape index (κ3) is 3.46. The number of aromatic nitrogens is 2. The summed E-state index contributed by atoms with van der Waals surface area (Å²) in [5.41, 5.74) is 2.38. The maximum atomic E-state index is 4.31. The minimum absolute atomic E-state index is 0.820. The Hall–Kier alpha value is -1.04. The summed E-state index contributed by atoms with van der Waals surface area (Å²) in [7, 11) is 0. The molecule has 0 amide bonds. The predicted octanol–water partition coefficient (Wildman–Crippen LogP) is 3.51. The van der Waals surface area contributed by atoms with Gasteiger partial charge in [-0.2, -0.15) is 5.10 Å². The van der Waals surface area contributed by atoms with Gasteiger partial charge in [-0.15, -0.1) is 0 Å². The van der Waals surface area contributed by atoms with Crippen LogP contribution in [0.1, 0.15) is 19.0 Å². The summed E-state index contributed by atoms with van der Waals surface area (Å²) < 4.78 is 3.30. The highest BCUT2D eigenvalue weighted by atomic mass is 127. The molecule has 1 N–H and O–H groups in total. The molecule has 2 rings (SSSR count). The average Bonchev–Trinajstić information content (AvgIpc) is 2.75. The molecule has 2 aromatic rings. The molecular formula is C13H16IN3. The lowest BCUT2D eigenvalue weighted by molar-refractivity contribution is 0.578. The van der Waals surface area contributed by atoms with E-state index in [1.54, 1.807) is 0 Å². The Balaban J connectivity index is 1.99. The Morgan fingerprint density at radius 2 is 2.24 bits per heavy atom. The number of nitrogens with one attached hydrogen (secondary N) is 1. The first-order valence-corrected chi connectivity index (χ1v) is 6.87. The van der Waals surface area contributed by atoms with E-state index in [2.05, 4.69) is 74.9 Å². The van der Waals surface area contributed by atoms with Crippen molar-refractivity contribution in [1.82, 2.24) is 9.78 Å². The number of nitrogens with zero attached hydrogens (tertiary/aromatic N) is 2. The normalized spacial score (nSPS) is 10.5. The predicted molar refractivity (Wildman–Crippen MR) is 79.0 cm³/mol. The molecule has 0 aliphatic carbocycles. The van der Waals surface area contributed by atoms with Crippen LogP contribution in [0, 0.1) is 3.57 Å². The molecule has 0 atom stereocenters. The molecule has 0 radical (unpaired) electrons. The Morgan fingerprint density at radius 1 is 1.35 bits per heavy atom. The smallest absolute Gasteiger partial charge is 0.0575 e. The molecule has 3 nitrogen and oxygen atoms in total. The van der Waals surface area contributed by atoms with Gasteiger partial charge >= 0.3 is 0 Å². The number of aryl methyl sites for hydroxylation is 1. The van der Waals surface area contributed by atoms with E-state index in [1.807, 2.05) is 6.20 Å². The average molecular weight is 341 g/mol. The first kappa shape index (κ1) is 12.4. The number of benzene rings is 1. The van der Waals surface area contributed by atoms with Crippen LogP contribution < -0.4 is 5.32 Å². The highest BCUT2D eigenvalue weighted by Crippen LogP contribution is 2.13. The lowest BCUT2D eigenvalue weighted by Crippen LogP contribution is -2.08. The van der Waals surface area contributed by atoms with Crippen molar-refractivity contribution in [3.63, 3.8) is 0 Å². The molecule has 0 fully saturated rings. The van der Waals surface area contributed by atoms with Crippen molar-refractivity contribution >= 4 is 28.3 Å². The molecule has 0 bridgehead atoms. The quantitative estimate of drug-likeness (QED) is 0.844. The third-order valence-electron chi connectivity index (χ3n) is 2.54. The lowest BCUT2D eigenvalue weighted by atomic mass is 10.3. The zero-order valence-electron chi connectivity index (χ0n) is 9.86. The van der Waals surface area contributed by atoms with Crippen molar-refractivity contribution < 1.29 is 0 Å². The lowest BCUT2D eigenvalue weighted by Gasteiger charge is -2.09. The zero-order chi connectivity index (χ0) is 12.1. The van der Waals surface area contributed by atoms with Gasteiger partial charge in [0.05, 0.1) is 12.2 Å². The van der Waals surface area contributed by atoms with Crippen molar-refractivity contribution in [3.05, 3.63) is 45.8 Å². The van der Waals surface area contributed by atoms with Gasteiger partial charge < -0.3 is 5.32 Å². The van der Waals surface area contributed by atoms with Gasteiger partial charge in [-0.1, -0.05) is 13.0 Å². The summed E-state index contributed by atoms with van der Waals surface area (Å²) in [6.45, 7) is 3.97. The topological polar surface area (TPSA) is 29.9 Å². The van der Waals surface area contributed by atoms with Crippen LogP contribution in [0.15, 0.2) is 36.5 Å². The van der Waals surface area contributed by atoms with Crippen molar-refractivity contribution in [2.75, 3.05) is 5.32 Å². The van der Waals surface area contributed by atoms with E-state index in [-0.39, 0.29) is 0 Å². The molecular weight excluding hydrogens is 325 g/mol. The van der Waals surface area contributed by atoms with Crippen LogP contribution in [-0.4, -0.2) is 9.78 Å². The molecule has 1 aromatic carbocycles. The molecule has 90 valence electrons. The van der Waals surface area contributed by atoms with Gasteiger partial charge in [0.1, 0.15) is 0 Å². The van der Waals surface area contributed by atoms with Gasteiger partial charge in [0.25, 0.3) is 0 Å². The molecule has 0 saturated heterocycles. The van der Waals surface area contributed by atoms with Crippen LogP contribution in [0.4, 0.5) is 5.69 Å². The minimum Gasteiger partial charge on any atom is -0.379 e. The molecule has 0 saturated carbocycles. The number of hydrogen-bond donors (Lipinski definition) is 1. The van der Waals surface area contributed by atoms with E-state index < -0.39 is 0 Å². The summed E-state index contributed by atoms with van der Waals surface area (Å²) in [4.78, 5) is 0. The summed E-state index contributed by atoms with van der Waals surface area (Å²) in [5.74, 6) is 0. The highest BCUT2D eigenvalue weighted by Gasteiger charge is 2.01. The van der Waals surface area contributed by atoms with Crippen molar-refractivity contribution in [1.29, 1.82) is 0 Å². The second-order valence-electron chi connectivity index (χ2n) is 3.91. The van der Waals surface area contributed by atoms with Crippen LogP contribution in [0.2, 0.25) is 0 Å². The fraction of sp³-hybridized carbons (Fsp3) is 0.308. The standard InChI is InChI=1S/C13H16IN3/c1-2-8-17-13(6-7-16-17)10-15-12-5-3-4-11(14)9-12/h3-7,9,15H,2,8,10H2,1H3. The fourth-order valence-corrected chi connectivity index (χ4v) is 2.26. The van der Waals surface area contributed by atoms with E-state index in [9.17, 15) is 0 Å². The van der Waals surface area contributed by atoms with Crippen molar-refractivity contribution in [2.24, 2.45) is 0 Å². The molecule has 4 heteroatoms. The second kappa shape index (κ2) is 6.05. The molecule has 1 heterocycles. The summed E-state index contributed by atoms with van der Waals surface area (Å²) in [5, 5.41) is 7.73. The Labute approximate surface area is 115 Å². The fourth-order valence-electron chi connectivity index (χ4n) is 1.71. The van der Waals surface area contributed by atoms with E-state index >= 15 is 0 Å². The van der Waals surface area contributed by atoms with Gasteiger partial charge in [0.2, 0.25) is 0 Å². The maximum Gasteiger partial charge on any atom is 0.0575 e. The summed E-state index contributed by atoms with van der Waals surface area (Å²) >= 11 is 2.32. The number of hydrogen-bond acceptors (Lipinski definition) is 2. The molecule has 0 aliphatic rings. The number of rotatable bonds is 5. The van der Waals surface area contributed by atoms with Crippen LogP contribution in [0.3, 0.4) is 0 Å². The SMILES string of the molecule is CCCn1nccc1CNc1cccc(I)c1. The van der Waals surface area contributed by atoms with Crippen LogP contribution >= 0.6 is 22.6 Å². The Bertz CT molecular complexity index is 479. The molecule has 0 spiro atoms. The summed E-state index contributed by atoms with van der Waals surface area (Å²) in [6.07, 6.45) is 2.97. The van der Waals surface area contributed by atoms with E-state index in [4.69, 9.17) is 0 Å². The maximum absolute atomic E-state index is 4.31. The highest BCUT2D eigenvalue weighted by molar-refractivity contribution is 14.1. The molecule has 0 unspecified atom stereocenters. The Morgan fingerprint density at radius 3 is 3.00 bits per heavy atom. The van der Waals surface area contributed by atoms with Gasteiger partial charge in [-0.25, -0.2) is 0 Å². The van der Waals surface area contributed by atoms with Crippen LogP contribution in [-0.2, 0) is 13.1 Å². The molecule has 1 aromatic heterocycles. The summed E-state index contributed by atoms with van der Waals surface area (Å²) in [6, 6.07) is 10.4. The first-order chi connectivity index (χ1) is 8.29. The van der Waals surface area contributed by atoms with Gasteiger partial charge in [-0.3, -0.25) is 4.68 Å². The third-order valence-corrected chi connectivity index (χ3v) is 3.21. The molecule has 0 aliphatic heterocycles. The minimum atomic E-state index is 0.820. The Kier molecular flexibility index (Phi) is 4.42. The largest absolute Gasteiger partial charge is 0.379 e. The van der Waals surface area contributed by atoms with Crippen LogP contribution in [0.5, 0.6) is 0 Å². The number of anilines is 1. The zero-order valence-corrected chi connectivity index (χ0v) is 12.0. The monoisotopic (exact) mass is 341 g/mol. The first-order valence-electron chi connectivity index (χ1n) is 5.79. The van der Waals surface area contributed by atoms with E-state index in [1.165, 1.54) is 9.26 Å².